The smallest absolute Gasteiger partial charge is 0.258 e. The monoisotopic (exact) mass is 332 g/mol. The van der Waals surface area contributed by atoms with Crippen molar-refractivity contribution < 1.29 is 18.7 Å². The molecule has 2 N–H and O–H groups in total. The van der Waals surface area contributed by atoms with E-state index in [-0.39, 0.29) is 29.3 Å². The number of benzene rings is 1. The van der Waals surface area contributed by atoms with Crippen molar-refractivity contribution in [3.63, 3.8) is 0 Å². The lowest BCUT2D eigenvalue weighted by atomic mass is 9.98. The molecule has 1 fully saturated rings. The Kier molecular flexibility index (Phi) is 7.06. The number of methoxy groups -OCH3 is 2. The number of carbonyl (C=O) groups is 1. The lowest BCUT2D eigenvalue weighted by molar-refractivity contribution is 0.0885. The fourth-order valence-corrected chi connectivity index (χ4v) is 2.70. The van der Waals surface area contributed by atoms with Crippen molar-refractivity contribution >= 4 is 18.3 Å². The van der Waals surface area contributed by atoms with Gasteiger partial charge in [0.1, 0.15) is 17.1 Å². The van der Waals surface area contributed by atoms with E-state index in [0.29, 0.717) is 13.2 Å². The van der Waals surface area contributed by atoms with Gasteiger partial charge in [0.2, 0.25) is 0 Å². The van der Waals surface area contributed by atoms with Gasteiger partial charge in [0.15, 0.2) is 0 Å². The van der Waals surface area contributed by atoms with Gasteiger partial charge in [-0.3, -0.25) is 4.79 Å². The maximum Gasteiger partial charge on any atom is 0.258 e. The Hall–Kier alpha value is -1.37. The van der Waals surface area contributed by atoms with E-state index in [1.54, 1.807) is 13.2 Å². The first kappa shape index (κ1) is 18.7. The molecule has 1 aromatic carbocycles. The summed E-state index contributed by atoms with van der Waals surface area (Å²) in [5.74, 6) is -0.839. The molecule has 7 heteroatoms. The van der Waals surface area contributed by atoms with Crippen LogP contribution in [0.15, 0.2) is 18.2 Å². The fourth-order valence-electron chi connectivity index (χ4n) is 2.70. The number of carbonyl (C=O) groups excluding carboxylic acids is 1. The summed E-state index contributed by atoms with van der Waals surface area (Å²) in [6, 6.07) is 4.32. The zero-order valence-corrected chi connectivity index (χ0v) is 13.6. The van der Waals surface area contributed by atoms with E-state index in [9.17, 15) is 9.18 Å². The van der Waals surface area contributed by atoms with Crippen molar-refractivity contribution in [2.75, 3.05) is 33.9 Å². The van der Waals surface area contributed by atoms with Crippen LogP contribution in [0.3, 0.4) is 0 Å². The molecular weight excluding hydrogens is 311 g/mol. The largest absolute Gasteiger partial charge is 0.496 e. The Balaban J connectivity index is 0.00000242. The molecule has 1 aromatic rings. The predicted molar refractivity (Wildman–Crippen MR) is 84.4 cm³/mol. The summed E-state index contributed by atoms with van der Waals surface area (Å²) in [6.07, 6.45) is 1.94. The minimum Gasteiger partial charge on any atom is -0.496 e. The first-order valence-corrected chi connectivity index (χ1v) is 6.96. The second-order valence-corrected chi connectivity index (χ2v) is 5.24. The number of rotatable bonds is 6. The number of amides is 1. The lowest BCUT2D eigenvalue weighted by Gasteiger charge is -2.29. The Morgan fingerprint density at radius 1 is 1.45 bits per heavy atom. The summed E-state index contributed by atoms with van der Waals surface area (Å²) < 4.78 is 24.1. The molecule has 1 aliphatic rings. The van der Waals surface area contributed by atoms with E-state index < -0.39 is 11.7 Å². The van der Waals surface area contributed by atoms with Crippen molar-refractivity contribution in [1.82, 2.24) is 10.6 Å². The van der Waals surface area contributed by atoms with Crippen molar-refractivity contribution in [2.24, 2.45) is 0 Å². The quantitative estimate of drug-likeness (QED) is 0.833. The zero-order valence-electron chi connectivity index (χ0n) is 12.8. The summed E-state index contributed by atoms with van der Waals surface area (Å²) in [5.41, 5.74) is -0.339. The van der Waals surface area contributed by atoms with Gasteiger partial charge in [0.25, 0.3) is 5.91 Å². The molecule has 2 rings (SSSR count). The molecule has 5 nitrogen and oxygen atoms in total. The third-order valence-electron chi connectivity index (χ3n) is 3.76. The van der Waals surface area contributed by atoms with Crippen LogP contribution in [0, 0.1) is 5.82 Å². The van der Waals surface area contributed by atoms with Gasteiger partial charge in [-0.15, -0.1) is 12.4 Å². The third-order valence-corrected chi connectivity index (χ3v) is 3.76. The van der Waals surface area contributed by atoms with Gasteiger partial charge in [0, 0.05) is 13.7 Å². The van der Waals surface area contributed by atoms with Crippen molar-refractivity contribution in [3.05, 3.63) is 29.6 Å². The Morgan fingerprint density at radius 2 is 2.23 bits per heavy atom. The summed E-state index contributed by atoms with van der Waals surface area (Å²) in [6.45, 7) is 1.78. The molecule has 0 saturated carbocycles. The topological polar surface area (TPSA) is 59.6 Å². The molecule has 1 heterocycles. The average Bonchev–Trinajstić information content (AvgIpc) is 2.94. The highest BCUT2D eigenvalue weighted by atomic mass is 35.5. The van der Waals surface area contributed by atoms with Crippen LogP contribution in [0.4, 0.5) is 4.39 Å². The van der Waals surface area contributed by atoms with Gasteiger partial charge in [-0.25, -0.2) is 4.39 Å². The third kappa shape index (κ3) is 4.09. The maximum atomic E-state index is 13.9. The molecular formula is C15H22ClFN2O3. The molecule has 22 heavy (non-hydrogen) atoms. The minimum absolute atomic E-state index is 0. The molecule has 0 spiro atoms. The molecule has 1 atom stereocenters. The van der Waals surface area contributed by atoms with Gasteiger partial charge < -0.3 is 20.1 Å². The van der Waals surface area contributed by atoms with Crippen LogP contribution in [-0.4, -0.2) is 45.4 Å². The van der Waals surface area contributed by atoms with Gasteiger partial charge in [-0.2, -0.15) is 0 Å². The van der Waals surface area contributed by atoms with Gasteiger partial charge in [0.05, 0.1) is 19.3 Å². The van der Waals surface area contributed by atoms with Crippen LogP contribution < -0.4 is 15.4 Å². The van der Waals surface area contributed by atoms with Gasteiger partial charge in [-0.1, -0.05) is 6.07 Å². The molecule has 124 valence electrons. The minimum atomic E-state index is -0.591. The van der Waals surface area contributed by atoms with Gasteiger partial charge >= 0.3 is 0 Å². The van der Waals surface area contributed by atoms with E-state index in [2.05, 4.69) is 10.6 Å². The standard InChI is InChI=1S/C15H21FN2O3.ClH/c1-20-10-15(7-4-8-18-15)9-17-14(19)13-11(16)5-3-6-12(13)21-2;/h3,5-6,18H,4,7-10H2,1-2H3,(H,17,19);1H. The Bertz CT molecular complexity index is 508. The number of nitrogens with one attached hydrogen (secondary N) is 2. The number of ether oxygens (including phenoxy) is 2. The summed E-state index contributed by atoms with van der Waals surface area (Å²) in [5, 5.41) is 6.14. The van der Waals surface area contributed by atoms with Crippen LogP contribution in [0.1, 0.15) is 23.2 Å². The van der Waals surface area contributed by atoms with Crippen molar-refractivity contribution in [1.29, 1.82) is 0 Å². The molecule has 1 unspecified atom stereocenters. The van der Waals surface area contributed by atoms with Crippen LogP contribution in [-0.2, 0) is 4.74 Å². The highest BCUT2D eigenvalue weighted by Crippen LogP contribution is 2.22. The SMILES string of the molecule is COCC1(CNC(=O)c2c(F)cccc2OC)CCCN1.Cl. The van der Waals surface area contributed by atoms with E-state index >= 15 is 0 Å². The Labute approximate surface area is 136 Å². The predicted octanol–water partition coefficient (Wildman–Crippen LogP) is 1.75. The van der Waals surface area contributed by atoms with Crippen LogP contribution in [0.5, 0.6) is 5.75 Å². The number of halogens is 2. The Morgan fingerprint density at radius 3 is 2.82 bits per heavy atom. The van der Waals surface area contributed by atoms with Crippen molar-refractivity contribution in [3.8, 4) is 5.75 Å². The summed E-state index contributed by atoms with van der Waals surface area (Å²) in [4.78, 5) is 12.2. The highest BCUT2D eigenvalue weighted by molar-refractivity contribution is 5.97. The van der Waals surface area contributed by atoms with E-state index in [4.69, 9.17) is 9.47 Å². The van der Waals surface area contributed by atoms with Crippen LogP contribution in [0.2, 0.25) is 0 Å². The molecule has 0 aromatic heterocycles. The molecule has 1 saturated heterocycles. The van der Waals surface area contributed by atoms with Crippen LogP contribution >= 0.6 is 12.4 Å². The molecule has 0 radical (unpaired) electrons. The molecule has 1 aliphatic heterocycles. The normalized spacial score (nSPS) is 20.3. The summed E-state index contributed by atoms with van der Waals surface area (Å²) >= 11 is 0. The first-order chi connectivity index (χ1) is 10.1. The van der Waals surface area contributed by atoms with E-state index in [0.717, 1.165) is 19.4 Å². The lowest BCUT2D eigenvalue weighted by Crippen LogP contribution is -2.53. The van der Waals surface area contributed by atoms with Crippen LogP contribution in [0.25, 0.3) is 0 Å². The summed E-state index contributed by atoms with van der Waals surface area (Å²) in [7, 11) is 3.04. The maximum absolute atomic E-state index is 13.9. The fraction of sp³-hybridized carbons (Fsp3) is 0.533. The van der Waals surface area contributed by atoms with Gasteiger partial charge in [-0.05, 0) is 31.5 Å². The van der Waals surface area contributed by atoms with E-state index in [1.807, 2.05) is 0 Å². The first-order valence-electron chi connectivity index (χ1n) is 6.96. The highest BCUT2D eigenvalue weighted by Gasteiger charge is 2.34. The average molecular weight is 333 g/mol. The van der Waals surface area contributed by atoms with E-state index in [1.165, 1.54) is 19.2 Å². The second-order valence-electron chi connectivity index (χ2n) is 5.24. The molecule has 1 amide bonds. The van der Waals surface area contributed by atoms with Crippen molar-refractivity contribution in [2.45, 2.75) is 18.4 Å². The second kappa shape index (κ2) is 8.31. The zero-order chi connectivity index (χ0) is 15.3. The molecule has 0 bridgehead atoms. The molecule has 0 aliphatic carbocycles. The number of hydrogen-bond donors (Lipinski definition) is 2. The number of hydrogen-bond acceptors (Lipinski definition) is 4.